The summed E-state index contributed by atoms with van der Waals surface area (Å²) in [5.74, 6) is 6.61. The zero-order valence-electron chi connectivity index (χ0n) is 14.6. The van der Waals surface area contributed by atoms with Crippen LogP contribution in [0.4, 0.5) is 4.39 Å². The van der Waals surface area contributed by atoms with E-state index in [2.05, 4.69) is 15.5 Å². The molecule has 0 aliphatic rings. The highest BCUT2D eigenvalue weighted by atomic mass is 35.5. The highest BCUT2D eigenvalue weighted by molar-refractivity contribution is 7.99. The largest absolute Gasteiger partial charge is 0.492 e. The summed E-state index contributed by atoms with van der Waals surface area (Å²) >= 11 is 7.15. The van der Waals surface area contributed by atoms with Gasteiger partial charge < -0.3 is 15.9 Å². The quantitative estimate of drug-likeness (QED) is 0.330. The van der Waals surface area contributed by atoms with Crippen molar-refractivity contribution in [3.8, 4) is 17.1 Å². The Balaban J connectivity index is 1.44. The number of carbonyl (C=O) groups excluding carboxylic acids is 1. The Morgan fingerprint density at radius 3 is 2.79 bits per heavy atom. The van der Waals surface area contributed by atoms with Gasteiger partial charge in [0.05, 0.1) is 12.3 Å². The van der Waals surface area contributed by atoms with E-state index < -0.39 is 0 Å². The fourth-order valence-corrected chi connectivity index (χ4v) is 3.15. The number of nitrogens with zero attached hydrogens (tertiary/aromatic N) is 3. The molecule has 146 valence electrons. The van der Waals surface area contributed by atoms with Gasteiger partial charge in [-0.05, 0) is 36.4 Å². The Kier molecular flexibility index (Phi) is 6.72. The van der Waals surface area contributed by atoms with Crippen LogP contribution in [0.1, 0.15) is 0 Å². The van der Waals surface area contributed by atoms with E-state index in [9.17, 15) is 9.18 Å². The number of nitrogens with one attached hydrogen (secondary N) is 1. The Morgan fingerprint density at radius 1 is 1.25 bits per heavy atom. The van der Waals surface area contributed by atoms with E-state index in [0.29, 0.717) is 28.3 Å². The number of ether oxygens (including phenoxy) is 1. The van der Waals surface area contributed by atoms with Gasteiger partial charge in [-0.15, -0.1) is 10.2 Å². The smallest absolute Gasteiger partial charge is 0.230 e. The summed E-state index contributed by atoms with van der Waals surface area (Å²) in [7, 11) is 0. The molecule has 28 heavy (non-hydrogen) atoms. The van der Waals surface area contributed by atoms with Crippen molar-refractivity contribution < 1.29 is 13.9 Å². The molecule has 10 heteroatoms. The minimum atomic E-state index is -0.330. The number of hydrogen-bond acceptors (Lipinski definition) is 6. The summed E-state index contributed by atoms with van der Waals surface area (Å²) in [5, 5.41) is 11.8. The Morgan fingerprint density at radius 2 is 2.04 bits per heavy atom. The number of benzene rings is 2. The predicted octanol–water partition coefficient (Wildman–Crippen LogP) is 2.74. The molecule has 0 aliphatic carbocycles. The summed E-state index contributed by atoms with van der Waals surface area (Å²) in [6.45, 7) is 0.591. The molecule has 1 amide bonds. The first kappa shape index (κ1) is 20.0. The number of amides is 1. The van der Waals surface area contributed by atoms with Gasteiger partial charge in [0.25, 0.3) is 0 Å². The van der Waals surface area contributed by atoms with Gasteiger partial charge in [-0.3, -0.25) is 4.79 Å². The summed E-state index contributed by atoms with van der Waals surface area (Å²) in [6.07, 6.45) is 0. The van der Waals surface area contributed by atoms with Crippen molar-refractivity contribution in [2.75, 3.05) is 24.7 Å². The topological polar surface area (TPSA) is 95.1 Å². The second-order valence-corrected chi connectivity index (χ2v) is 7.01. The van der Waals surface area contributed by atoms with Crippen molar-refractivity contribution in [3.63, 3.8) is 0 Å². The van der Waals surface area contributed by atoms with Crippen molar-refractivity contribution in [3.05, 3.63) is 59.4 Å². The standard InChI is InChI=1S/C18H17ClFN5O2S/c19-13-3-1-2-12(10-13)17-23-24-18(25(17)21)28-11-16(26)22-8-9-27-15-6-4-14(20)5-7-15/h1-7,10H,8-9,11,21H2,(H,22,26). The number of rotatable bonds is 8. The molecule has 0 bridgehead atoms. The highest BCUT2D eigenvalue weighted by Crippen LogP contribution is 2.23. The first-order chi connectivity index (χ1) is 13.5. The molecule has 3 N–H and O–H groups in total. The molecule has 1 aromatic heterocycles. The molecule has 3 rings (SSSR count). The number of halogens is 2. The van der Waals surface area contributed by atoms with E-state index in [1.54, 1.807) is 18.2 Å². The van der Waals surface area contributed by atoms with E-state index >= 15 is 0 Å². The summed E-state index contributed by atoms with van der Waals surface area (Å²) in [4.78, 5) is 12.0. The van der Waals surface area contributed by atoms with Crippen LogP contribution in [0.5, 0.6) is 5.75 Å². The number of nitrogen functional groups attached to an aromatic ring is 1. The van der Waals surface area contributed by atoms with Crippen LogP contribution in [-0.2, 0) is 4.79 Å². The van der Waals surface area contributed by atoms with Crippen LogP contribution in [0.2, 0.25) is 5.02 Å². The van der Waals surface area contributed by atoms with E-state index in [0.717, 1.165) is 5.56 Å². The highest BCUT2D eigenvalue weighted by Gasteiger charge is 2.14. The van der Waals surface area contributed by atoms with Gasteiger partial charge in [0.15, 0.2) is 5.82 Å². The van der Waals surface area contributed by atoms with Crippen LogP contribution in [-0.4, -0.2) is 39.7 Å². The van der Waals surface area contributed by atoms with Crippen molar-refractivity contribution in [1.29, 1.82) is 0 Å². The lowest BCUT2D eigenvalue weighted by atomic mass is 10.2. The first-order valence-corrected chi connectivity index (χ1v) is 9.63. The van der Waals surface area contributed by atoms with Crippen molar-refractivity contribution in [2.45, 2.75) is 5.16 Å². The third-order valence-electron chi connectivity index (χ3n) is 3.59. The van der Waals surface area contributed by atoms with Crippen LogP contribution in [0, 0.1) is 5.82 Å². The molecule has 0 atom stereocenters. The molecule has 3 aromatic rings. The SMILES string of the molecule is Nn1c(SCC(=O)NCCOc2ccc(F)cc2)nnc1-c1cccc(Cl)c1. The molecule has 7 nitrogen and oxygen atoms in total. The average Bonchev–Trinajstić information content (AvgIpc) is 3.05. The van der Waals surface area contributed by atoms with Crippen LogP contribution in [0.3, 0.4) is 0 Å². The second-order valence-electron chi connectivity index (χ2n) is 5.63. The van der Waals surface area contributed by atoms with Gasteiger partial charge in [-0.25, -0.2) is 9.07 Å². The van der Waals surface area contributed by atoms with Crippen LogP contribution in [0.25, 0.3) is 11.4 Å². The Bertz CT molecular complexity index is 951. The molecule has 0 saturated heterocycles. The third kappa shape index (κ3) is 5.37. The fraction of sp³-hybridized carbons (Fsp3) is 0.167. The number of thioether (sulfide) groups is 1. The zero-order valence-corrected chi connectivity index (χ0v) is 16.2. The number of aromatic nitrogens is 3. The van der Waals surface area contributed by atoms with Crippen LogP contribution < -0.4 is 15.9 Å². The average molecular weight is 422 g/mol. The van der Waals surface area contributed by atoms with Gasteiger partial charge in [0.1, 0.15) is 18.2 Å². The van der Waals surface area contributed by atoms with E-state index in [1.165, 1.54) is 40.7 Å². The van der Waals surface area contributed by atoms with Crippen LogP contribution in [0.15, 0.2) is 53.7 Å². The third-order valence-corrected chi connectivity index (χ3v) is 4.76. The molecule has 0 unspecified atom stereocenters. The maximum atomic E-state index is 12.8. The molecule has 0 fully saturated rings. The minimum Gasteiger partial charge on any atom is -0.492 e. The van der Waals surface area contributed by atoms with Crippen LogP contribution >= 0.6 is 23.4 Å². The first-order valence-electron chi connectivity index (χ1n) is 8.27. The monoisotopic (exact) mass is 421 g/mol. The zero-order chi connectivity index (χ0) is 19.9. The van der Waals surface area contributed by atoms with Gasteiger partial charge in [-0.2, -0.15) is 0 Å². The van der Waals surface area contributed by atoms with Gasteiger partial charge >= 0.3 is 0 Å². The van der Waals surface area contributed by atoms with Gasteiger partial charge in [0.2, 0.25) is 11.1 Å². The van der Waals surface area contributed by atoms with E-state index in [4.69, 9.17) is 22.2 Å². The summed E-state index contributed by atoms with van der Waals surface area (Å²) in [6, 6.07) is 12.8. The molecule has 0 saturated carbocycles. The summed E-state index contributed by atoms with van der Waals surface area (Å²) < 4.78 is 19.5. The van der Waals surface area contributed by atoms with Crippen molar-refractivity contribution in [2.24, 2.45) is 0 Å². The van der Waals surface area contributed by atoms with Crippen molar-refractivity contribution >= 4 is 29.3 Å². The number of carbonyl (C=O) groups is 1. The molecular formula is C18H17ClFN5O2S. The molecule has 0 radical (unpaired) electrons. The molecule has 0 aliphatic heterocycles. The second kappa shape index (κ2) is 9.43. The predicted molar refractivity (Wildman–Crippen MR) is 106 cm³/mol. The molecule has 2 aromatic carbocycles. The molecule has 0 spiro atoms. The lowest BCUT2D eigenvalue weighted by molar-refractivity contribution is -0.118. The molecular weight excluding hydrogens is 405 g/mol. The van der Waals surface area contributed by atoms with Gasteiger partial charge in [-0.1, -0.05) is 35.5 Å². The lowest BCUT2D eigenvalue weighted by Gasteiger charge is -2.08. The lowest BCUT2D eigenvalue weighted by Crippen LogP contribution is -2.29. The minimum absolute atomic E-state index is 0.126. The maximum absolute atomic E-state index is 12.8. The normalized spacial score (nSPS) is 10.6. The van der Waals surface area contributed by atoms with E-state index in [1.807, 2.05) is 6.07 Å². The van der Waals surface area contributed by atoms with Crippen molar-refractivity contribution in [1.82, 2.24) is 20.2 Å². The van der Waals surface area contributed by atoms with Gasteiger partial charge in [0, 0.05) is 10.6 Å². The van der Waals surface area contributed by atoms with E-state index in [-0.39, 0.29) is 24.1 Å². The summed E-state index contributed by atoms with van der Waals surface area (Å²) in [5.41, 5.74) is 0.733. The Labute approximate surface area is 170 Å². The maximum Gasteiger partial charge on any atom is 0.230 e. The number of hydrogen-bond donors (Lipinski definition) is 2. The fourth-order valence-electron chi connectivity index (χ4n) is 2.27. The Hall–Kier alpha value is -2.78. The molecule has 1 heterocycles. The number of nitrogens with two attached hydrogens (primary N) is 1.